The summed E-state index contributed by atoms with van der Waals surface area (Å²) in [7, 11) is 0. The lowest BCUT2D eigenvalue weighted by Crippen LogP contribution is -2.30. The highest BCUT2D eigenvalue weighted by atomic mass is 35.5. The average Bonchev–Trinajstić information content (AvgIpc) is 3.20. The molecule has 2 heterocycles. The van der Waals surface area contributed by atoms with Crippen LogP contribution in [0.4, 0.5) is 5.13 Å². The number of amides is 1. The van der Waals surface area contributed by atoms with Gasteiger partial charge in [0.15, 0.2) is 16.6 Å². The van der Waals surface area contributed by atoms with E-state index < -0.39 is 0 Å². The molecule has 7 heteroatoms. The maximum absolute atomic E-state index is 13.5. The molecule has 0 fully saturated rings. The van der Waals surface area contributed by atoms with Gasteiger partial charge in [-0.1, -0.05) is 53.3 Å². The van der Waals surface area contributed by atoms with Gasteiger partial charge in [0.05, 0.1) is 16.8 Å². The molecule has 0 saturated carbocycles. The minimum atomic E-state index is -0.152. The van der Waals surface area contributed by atoms with Crippen LogP contribution in [0.3, 0.4) is 0 Å². The molecular weight excluding hydrogens is 420 g/mol. The first-order valence-electron chi connectivity index (χ1n) is 9.49. The molecule has 0 N–H and O–H groups in total. The fourth-order valence-electron chi connectivity index (χ4n) is 3.33. The van der Waals surface area contributed by atoms with Crippen molar-refractivity contribution in [1.29, 1.82) is 0 Å². The molecule has 0 unspecified atom stereocenters. The van der Waals surface area contributed by atoms with E-state index in [0.29, 0.717) is 47.0 Å². The number of halogens is 1. The number of ether oxygens (including phenoxy) is 2. The second-order valence-electron chi connectivity index (χ2n) is 6.84. The van der Waals surface area contributed by atoms with E-state index in [2.05, 4.69) is 0 Å². The fourth-order valence-corrected chi connectivity index (χ4v) is 4.57. The molecule has 5 nitrogen and oxygen atoms in total. The second kappa shape index (κ2) is 7.97. The largest absolute Gasteiger partial charge is 0.486 e. The molecule has 1 aromatic heterocycles. The van der Waals surface area contributed by atoms with Gasteiger partial charge in [0.25, 0.3) is 5.91 Å². The number of anilines is 1. The van der Waals surface area contributed by atoms with E-state index in [4.69, 9.17) is 26.1 Å². The Kier molecular flexibility index (Phi) is 5.02. The molecular formula is C23H17ClN2O3S. The van der Waals surface area contributed by atoms with E-state index in [1.165, 1.54) is 11.3 Å². The first kappa shape index (κ1) is 18.9. The number of nitrogens with zero attached hydrogens (tertiary/aromatic N) is 2. The van der Waals surface area contributed by atoms with Crippen LogP contribution in [0.25, 0.3) is 10.2 Å². The summed E-state index contributed by atoms with van der Waals surface area (Å²) in [6.07, 6.45) is 0. The van der Waals surface area contributed by atoms with Crippen molar-refractivity contribution in [1.82, 2.24) is 4.98 Å². The molecule has 1 aliphatic rings. The van der Waals surface area contributed by atoms with E-state index in [1.54, 1.807) is 29.2 Å². The number of carbonyl (C=O) groups is 1. The van der Waals surface area contributed by atoms with E-state index in [0.717, 1.165) is 15.8 Å². The highest BCUT2D eigenvalue weighted by Crippen LogP contribution is 2.34. The SMILES string of the molecule is O=C(c1ccc2c(c1)OCCO2)N(Cc1ccccc1)c1nc2ccc(Cl)cc2s1. The number of rotatable bonds is 4. The maximum Gasteiger partial charge on any atom is 0.260 e. The molecule has 0 spiro atoms. The zero-order valence-electron chi connectivity index (χ0n) is 15.9. The Bertz CT molecular complexity index is 1230. The first-order valence-corrected chi connectivity index (χ1v) is 10.7. The van der Waals surface area contributed by atoms with Crippen LogP contribution in [0.1, 0.15) is 15.9 Å². The Labute approximate surface area is 182 Å². The molecule has 0 aliphatic carbocycles. The van der Waals surface area contributed by atoms with Crippen molar-refractivity contribution in [3.63, 3.8) is 0 Å². The average molecular weight is 437 g/mol. The summed E-state index contributed by atoms with van der Waals surface area (Å²) in [6, 6.07) is 20.7. The molecule has 0 atom stereocenters. The normalized spacial score (nSPS) is 12.7. The van der Waals surface area contributed by atoms with Crippen molar-refractivity contribution in [2.45, 2.75) is 6.54 Å². The third-order valence-corrected chi connectivity index (χ3v) is 6.06. The van der Waals surface area contributed by atoms with Crippen LogP contribution in [0.15, 0.2) is 66.7 Å². The van der Waals surface area contributed by atoms with Gasteiger partial charge in [-0.15, -0.1) is 0 Å². The van der Waals surface area contributed by atoms with Crippen molar-refractivity contribution in [2.24, 2.45) is 0 Å². The van der Waals surface area contributed by atoms with Gasteiger partial charge in [-0.3, -0.25) is 9.69 Å². The minimum absolute atomic E-state index is 0.152. The van der Waals surface area contributed by atoms with Crippen molar-refractivity contribution in [2.75, 3.05) is 18.1 Å². The second-order valence-corrected chi connectivity index (χ2v) is 8.29. The lowest BCUT2D eigenvalue weighted by molar-refractivity contribution is 0.0984. The summed E-state index contributed by atoms with van der Waals surface area (Å²) >= 11 is 7.58. The molecule has 0 saturated heterocycles. The van der Waals surface area contributed by atoms with Crippen LogP contribution in [-0.2, 0) is 6.54 Å². The third kappa shape index (κ3) is 3.72. The highest BCUT2D eigenvalue weighted by Gasteiger charge is 2.24. The summed E-state index contributed by atoms with van der Waals surface area (Å²) in [5, 5.41) is 1.27. The van der Waals surface area contributed by atoms with E-state index in [-0.39, 0.29) is 5.91 Å². The number of thiazole rings is 1. The standard InChI is InChI=1S/C23H17ClN2O3S/c24-17-7-8-18-21(13-17)30-23(25-18)26(14-15-4-2-1-3-5-15)22(27)16-6-9-19-20(12-16)29-11-10-28-19/h1-9,12-13H,10-11,14H2. The predicted molar refractivity (Wildman–Crippen MR) is 119 cm³/mol. The van der Waals surface area contributed by atoms with Gasteiger partial charge in [-0.2, -0.15) is 0 Å². The monoisotopic (exact) mass is 436 g/mol. The Morgan fingerprint density at radius 2 is 1.80 bits per heavy atom. The van der Waals surface area contributed by atoms with Crippen molar-refractivity contribution >= 4 is 44.2 Å². The maximum atomic E-state index is 13.5. The first-order chi connectivity index (χ1) is 14.7. The van der Waals surface area contributed by atoms with Gasteiger partial charge in [0.2, 0.25) is 0 Å². The fraction of sp³-hybridized carbons (Fsp3) is 0.130. The zero-order chi connectivity index (χ0) is 20.5. The van der Waals surface area contributed by atoms with E-state index >= 15 is 0 Å². The van der Waals surface area contributed by atoms with Gasteiger partial charge in [0.1, 0.15) is 13.2 Å². The Balaban J connectivity index is 1.55. The van der Waals surface area contributed by atoms with E-state index in [1.807, 2.05) is 42.5 Å². The van der Waals surface area contributed by atoms with Gasteiger partial charge in [-0.05, 0) is 42.0 Å². The lowest BCUT2D eigenvalue weighted by atomic mass is 10.1. The lowest BCUT2D eigenvalue weighted by Gasteiger charge is -2.22. The van der Waals surface area contributed by atoms with Crippen LogP contribution in [0.5, 0.6) is 11.5 Å². The summed E-state index contributed by atoms with van der Waals surface area (Å²) in [5.41, 5.74) is 2.35. The molecule has 3 aromatic carbocycles. The molecule has 1 amide bonds. The number of aromatic nitrogens is 1. The zero-order valence-corrected chi connectivity index (χ0v) is 17.4. The summed E-state index contributed by atoms with van der Waals surface area (Å²) in [5.74, 6) is 1.09. The third-order valence-electron chi connectivity index (χ3n) is 4.79. The van der Waals surface area contributed by atoms with E-state index in [9.17, 15) is 4.79 Å². The number of carbonyl (C=O) groups excluding carboxylic acids is 1. The smallest absolute Gasteiger partial charge is 0.260 e. The quantitative estimate of drug-likeness (QED) is 0.419. The number of hydrogen-bond donors (Lipinski definition) is 0. The molecule has 0 radical (unpaired) electrons. The summed E-state index contributed by atoms with van der Waals surface area (Å²) in [6.45, 7) is 1.38. The topological polar surface area (TPSA) is 51.7 Å². The summed E-state index contributed by atoms with van der Waals surface area (Å²) < 4.78 is 12.2. The highest BCUT2D eigenvalue weighted by molar-refractivity contribution is 7.22. The van der Waals surface area contributed by atoms with Crippen molar-refractivity contribution in [3.8, 4) is 11.5 Å². The number of fused-ring (bicyclic) bond motifs is 2. The van der Waals surface area contributed by atoms with Gasteiger partial charge >= 0.3 is 0 Å². The number of benzene rings is 3. The van der Waals surface area contributed by atoms with Crippen LogP contribution >= 0.6 is 22.9 Å². The van der Waals surface area contributed by atoms with Gasteiger partial charge in [0, 0.05) is 10.6 Å². The van der Waals surface area contributed by atoms with Crippen LogP contribution in [0.2, 0.25) is 5.02 Å². The Morgan fingerprint density at radius 1 is 1.00 bits per heavy atom. The number of hydrogen-bond acceptors (Lipinski definition) is 5. The van der Waals surface area contributed by atoms with Gasteiger partial charge < -0.3 is 9.47 Å². The Morgan fingerprint density at radius 3 is 2.63 bits per heavy atom. The van der Waals surface area contributed by atoms with Crippen LogP contribution < -0.4 is 14.4 Å². The Hall–Kier alpha value is -3.09. The molecule has 4 aromatic rings. The molecule has 5 rings (SSSR count). The van der Waals surface area contributed by atoms with Crippen molar-refractivity contribution < 1.29 is 14.3 Å². The molecule has 30 heavy (non-hydrogen) atoms. The van der Waals surface area contributed by atoms with Crippen LogP contribution in [-0.4, -0.2) is 24.1 Å². The molecule has 1 aliphatic heterocycles. The van der Waals surface area contributed by atoms with Crippen molar-refractivity contribution in [3.05, 3.63) is 82.9 Å². The predicted octanol–water partition coefficient (Wildman–Crippen LogP) is 5.57. The van der Waals surface area contributed by atoms with Crippen LogP contribution in [0, 0.1) is 0 Å². The summed E-state index contributed by atoms with van der Waals surface area (Å²) in [4.78, 5) is 19.9. The minimum Gasteiger partial charge on any atom is -0.486 e. The molecule has 150 valence electrons. The molecule has 0 bridgehead atoms. The van der Waals surface area contributed by atoms with Gasteiger partial charge in [-0.25, -0.2) is 4.98 Å².